The predicted molar refractivity (Wildman–Crippen MR) is 78.5 cm³/mol. The molecule has 0 saturated carbocycles. The van der Waals surface area contributed by atoms with Crippen LogP contribution in [0.1, 0.15) is 59.8 Å². The summed E-state index contributed by atoms with van der Waals surface area (Å²) < 4.78 is 0. The van der Waals surface area contributed by atoms with Crippen LogP contribution in [0.25, 0.3) is 0 Å². The van der Waals surface area contributed by atoms with Gasteiger partial charge >= 0.3 is 0 Å². The number of carbonyl (C=O) groups is 1. The number of rotatable bonds is 1. The normalized spacial score (nSPS) is 31.8. The maximum Gasteiger partial charge on any atom is 0.136 e. The lowest BCUT2D eigenvalue weighted by molar-refractivity contribution is -0.119. The van der Waals surface area contributed by atoms with Crippen molar-refractivity contribution in [2.75, 3.05) is 0 Å². The highest BCUT2D eigenvalue weighted by atomic mass is 16.1. The van der Waals surface area contributed by atoms with Crippen molar-refractivity contribution in [3.63, 3.8) is 0 Å². The van der Waals surface area contributed by atoms with Gasteiger partial charge in [-0.25, -0.2) is 0 Å². The lowest BCUT2D eigenvalue weighted by atomic mass is 9.88. The molecular weight excluding hydrogens is 220 g/mol. The zero-order valence-electron chi connectivity index (χ0n) is 12.3. The molecule has 0 spiro atoms. The van der Waals surface area contributed by atoms with E-state index in [1.807, 2.05) is 0 Å². The smallest absolute Gasteiger partial charge is 0.136 e. The highest BCUT2D eigenvalue weighted by Gasteiger charge is 2.15. The van der Waals surface area contributed by atoms with Crippen molar-refractivity contribution in [1.82, 2.24) is 0 Å². The maximum atomic E-state index is 11.7. The molecule has 0 fully saturated rings. The topological polar surface area (TPSA) is 17.1 Å². The van der Waals surface area contributed by atoms with Gasteiger partial charge in [0, 0.05) is 5.92 Å². The number of hydrogen-bond acceptors (Lipinski definition) is 1. The van der Waals surface area contributed by atoms with E-state index in [-0.39, 0.29) is 5.92 Å². The third-order valence-electron chi connectivity index (χ3n) is 3.81. The number of carbonyl (C=O) groups excluding carboxylic acids is 1. The largest absolute Gasteiger partial charge is 0.299 e. The Morgan fingerprint density at radius 3 is 2.28 bits per heavy atom. The molecule has 0 aromatic carbocycles. The molecule has 1 aliphatic carbocycles. The maximum absolute atomic E-state index is 11.7. The average molecular weight is 246 g/mol. The molecule has 0 amide bonds. The van der Waals surface area contributed by atoms with Gasteiger partial charge in [0.25, 0.3) is 0 Å². The molecular formula is C17H26O. The molecule has 1 atom stereocenters. The Balaban J connectivity index is 2.87. The second-order valence-electron chi connectivity index (χ2n) is 5.53. The van der Waals surface area contributed by atoms with Crippen molar-refractivity contribution in [2.24, 2.45) is 5.92 Å². The first-order chi connectivity index (χ1) is 8.50. The molecule has 1 nitrogen and oxygen atoms in total. The van der Waals surface area contributed by atoms with Crippen molar-refractivity contribution >= 4 is 5.78 Å². The van der Waals surface area contributed by atoms with E-state index in [4.69, 9.17) is 0 Å². The minimum absolute atomic E-state index is 0.122. The molecule has 1 aliphatic rings. The van der Waals surface area contributed by atoms with Gasteiger partial charge < -0.3 is 0 Å². The van der Waals surface area contributed by atoms with Crippen molar-refractivity contribution in [3.8, 4) is 0 Å². The first kappa shape index (κ1) is 14.9. The summed E-state index contributed by atoms with van der Waals surface area (Å²) >= 11 is 0. The van der Waals surface area contributed by atoms with E-state index in [0.29, 0.717) is 5.78 Å². The first-order valence-corrected chi connectivity index (χ1v) is 6.99. The molecule has 0 radical (unpaired) electrons. The van der Waals surface area contributed by atoms with Crippen LogP contribution in [0.3, 0.4) is 0 Å². The number of allylic oxidation sites excluding steroid dienone is 6. The number of ketones is 1. The van der Waals surface area contributed by atoms with Crippen molar-refractivity contribution in [1.29, 1.82) is 0 Å². The van der Waals surface area contributed by atoms with Gasteiger partial charge in [0.05, 0.1) is 0 Å². The van der Waals surface area contributed by atoms with Gasteiger partial charge in [-0.05, 0) is 59.8 Å². The van der Waals surface area contributed by atoms with Crippen LogP contribution in [-0.2, 0) is 4.79 Å². The molecule has 1 heteroatoms. The van der Waals surface area contributed by atoms with E-state index < -0.39 is 0 Å². The van der Waals surface area contributed by atoms with E-state index in [9.17, 15) is 4.79 Å². The van der Waals surface area contributed by atoms with Crippen LogP contribution >= 0.6 is 0 Å². The zero-order valence-corrected chi connectivity index (χ0v) is 12.3. The van der Waals surface area contributed by atoms with E-state index in [2.05, 4.69) is 39.0 Å². The first-order valence-electron chi connectivity index (χ1n) is 6.99. The fourth-order valence-electron chi connectivity index (χ4n) is 2.46. The van der Waals surface area contributed by atoms with Crippen molar-refractivity contribution in [2.45, 2.75) is 59.8 Å². The molecule has 0 aromatic rings. The third-order valence-corrected chi connectivity index (χ3v) is 3.81. The fourth-order valence-corrected chi connectivity index (χ4v) is 2.46. The minimum Gasteiger partial charge on any atom is -0.299 e. The standard InChI is InChI=1S/C17H26O/c1-13-7-5-8-14(2)11-12-17(16(4)18)15(3)10-6-9-13/h7-8,10,17H,5-6,9,11-12H2,1-4H3/b13-7+,14-8+,15-10-. The van der Waals surface area contributed by atoms with E-state index >= 15 is 0 Å². The minimum atomic E-state index is 0.122. The lowest BCUT2D eigenvalue weighted by Gasteiger charge is -2.15. The van der Waals surface area contributed by atoms with Crippen molar-refractivity contribution in [3.05, 3.63) is 34.9 Å². The van der Waals surface area contributed by atoms with Crippen molar-refractivity contribution < 1.29 is 4.79 Å². The molecule has 100 valence electrons. The second-order valence-corrected chi connectivity index (χ2v) is 5.53. The Morgan fingerprint density at radius 1 is 1.06 bits per heavy atom. The van der Waals surface area contributed by atoms with E-state index in [1.54, 1.807) is 6.92 Å². The molecule has 0 aromatic heterocycles. The molecule has 1 rings (SSSR count). The van der Waals surface area contributed by atoms with Crippen LogP contribution in [0.4, 0.5) is 0 Å². The quantitative estimate of drug-likeness (QED) is 0.595. The summed E-state index contributed by atoms with van der Waals surface area (Å²) in [4.78, 5) is 11.7. The predicted octanol–water partition coefficient (Wildman–Crippen LogP) is 4.99. The zero-order chi connectivity index (χ0) is 13.5. The summed E-state index contributed by atoms with van der Waals surface area (Å²) in [6.45, 7) is 8.19. The van der Waals surface area contributed by atoms with Gasteiger partial charge in [-0.3, -0.25) is 4.79 Å². The van der Waals surface area contributed by atoms with Gasteiger partial charge in [0.15, 0.2) is 0 Å². The lowest BCUT2D eigenvalue weighted by Crippen LogP contribution is -2.12. The van der Waals surface area contributed by atoms with Crippen LogP contribution in [-0.4, -0.2) is 5.78 Å². The average Bonchev–Trinajstić information content (AvgIpc) is 2.27. The molecule has 0 aliphatic heterocycles. The van der Waals surface area contributed by atoms with Gasteiger partial charge in [-0.1, -0.05) is 34.9 Å². The summed E-state index contributed by atoms with van der Waals surface area (Å²) in [5, 5.41) is 0. The van der Waals surface area contributed by atoms with Crippen LogP contribution in [0.2, 0.25) is 0 Å². The summed E-state index contributed by atoms with van der Waals surface area (Å²) in [5.41, 5.74) is 4.10. The molecule has 0 bridgehead atoms. The SMILES string of the molecule is CC(=O)C1CC/C(C)=C/C/C=C(\C)CC/C=C\1C. The number of Topliss-reactive ketones (excluding diaryl/α,β-unsaturated/α-hetero) is 1. The van der Waals surface area contributed by atoms with E-state index in [1.165, 1.54) is 16.7 Å². The van der Waals surface area contributed by atoms with Gasteiger partial charge in [0.1, 0.15) is 5.78 Å². The Bertz CT molecular complexity index is 382. The van der Waals surface area contributed by atoms with Gasteiger partial charge in [-0.2, -0.15) is 0 Å². The van der Waals surface area contributed by atoms with Crippen LogP contribution in [0.5, 0.6) is 0 Å². The Hall–Kier alpha value is -1.11. The molecule has 0 N–H and O–H groups in total. The Labute approximate surface area is 112 Å². The molecule has 0 saturated heterocycles. The van der Waals surface area contributed by atoms with Gasteiger partial charge in [0.2, 0.25) is 0 Å². The van der Waals surface area contributed by atoms with Crippen LogP contribution < -0.4 is 0 Å². The van der Waals surface area contributed by atoms with Crippen LogP contribution in [0.15, 0.2) is 34.9 Å². The van der Waals surface area contributed by atoms with Crippen LogP contribution in [0, 0.1) is 5.92 Å². The second kappa shape index (κ2) is 7.35. The van der Waals surface area contributed by atoms with E-state index in [0.717, 1.165) is 32.1 Å². The monoisotopic (exact) mass is 246 g/mol. The highest BCUT2D eigenvalue weighted by molar-refractivity contribution is 5.81. The summed E-state index contributed by atoms with van der Waals surface area (Å²) in [6, 6.07) is 0. The molecule has 18 heavy (non-hydrogen) atoms. The summed E-state index contributed by atoms with van der Waals surface area (Å²) in [5.74, 6) is 0.429. The molecule has 0 heterocycles. The Kier molecular flexibility index (Phi) is 6.11. The Morgan fingerprint density at radius 2 is 1.67 bits per heavy atom. The highest BCUT2D eigenvalue weighted by Crippen LogP contribution is 2.23. The summed E-state index contributed by atoms with van der Waals surface area (Å²) in [7, 11) is 0. The molecule has 1 unspecified atom stereocenters. The number of hydrogen-bond donors (Lipinski definition) is 0. The third kappa shape index (κ3) is 5.03. The summed E-state index contributed by atoms with van der Waals surface area (Å²) in [6.07, 6.45) is 12.0. The fraction of sp³-hybridized carbons (Fsp3) is 0.588. The van der Waals surface area contributed by atoms with Gasteiger partial charge in [-0.15, -0.1) is 0 Å².